The highest BCUT2D eigenvalue weighted by Crippen LogP contribution is 2.26. The molecule has 0 aliphatic carbocycles. The Morgan fingerprint density at radius 3 is 2.05 bits per heavy atom. The van der Waals surface area contributed by atoms with Gasteiger partial charge in [0, 0.05) is 18.6 Å². The molecule has 1 fully saturated rings. The lowest BCUT2D eigenvalue weighted by molar-refractivity contribution is 0.0939. The number of hydrazine groups is 1. The molecular formula is C18H38N2O. The van der Waals surface area contributed by atoms with Crippen molar-refractivity contribution in [2.75, 3.05) is 6.61 Å². The Balaban J connectivity index is 1.93. The van der Waals surface area contributed by atoms with Gasteiger partial charge in [-0.15, -0.1) is 0 Å². The van der Waals surface area contributed by atoms with Crippen molar-refractivity contribution < 1.29 is 4.74 Å². The number of hydrogen-bond acceptors (Lipinski definition) is 3. The highest BCUT2D eigenvalue weighted by Gasteiger charge is 2.30. The first kappa shape index (κ1) is 18.9. The number of unbranched alkanes of at least 4 members (excludes halogenated alkanes) is 9. The van der Waals surface area contributed by atoms with E-state index in [-0.39, 0.29) is 0 Å². The Labute approximate surface area is 132 Å². The minimum Gasteiger partial charge on any atom is -0.378 e. The van der Waals surface area contributed by atoms with Crippen molar-refractivity contribution in [2.24, 2.45) is 11.8 Å². The summed E-state index contributed by atoms with van der Waals surface area (Å²) in [5.74, 6) is 6.33. The normalized spacial score (nSPS) is 23.6. The Hall–Kier alpha value is -0.120. The lowest BCUT2D eigenvalue weighted by Gasteiger charge is -2.25. The molecule has 1 aliphatic heterocycles. The number of rotatable bonds is 13. The van der Waals surface area contributed by atoms with E-state index in [0.717, 1.165) is 13.0 Å². The Morgan fingerprint density at radius 1 is 1.00 bits per heavy atom. The minimum atomic E-state index is 0.370. The summed E-state index contributed by atoms with van der Waals surface area (Å²) in [7, 11) is 0. The Kier molecular flexibility index (Phi) is 11.2. The van der Waals surface area contributed by atoms with E-state index in [4.69, 9.17) is 10.6 Å². The standard InChI is InChI=1S/C18H38N2O/c1-3-4-5-6-7-8-9-10-11-12-13-18(20-19)17-14-15-21-16(17)2/h16-18,20H,3-15,19H2,1-2H3. The number of ether oxygens (including phenoxy) is 1. The zero-order valence-corrected chi connectivity index (χ0v) is 14.4. The van der Waals surface area contributed by atoms with Gasteiger partial charge >= 0.3 is 0 Å². The van der Waals surface area contributed by atoms with E-state index in [1.807, 2.05) is 0 Å². The van der Waals surface area contributed by atoms with Gasteiger partial charge in [-0.1, -0.05) is 71.1 Å². The van der Waals surface area contributed by atoms with Crippen LogP contribution in [0.25, 0.3) is 0 Å². The van der Waals surface area contributed by atoms with Gasteiger partial charge in [-0.25, -0.2) is 0 Å². The van der Waals surface area contributed by atoms with E-state index < -0.39 is 0 Å². The van der Waals surface area contributed by atoms with Crippen molar-refractivity contribution >= 4 is 0 Å². The van der Waals surface area contributed by atoms with Crippen LogP contribution in [0, 0.1) is 5.92 Å². The SMILES string of the molecule is CCCCCCCCCCCCC(NN)C1CCOC1C. The van der Waals surface area contributed by atoms with E-state index in [1.165, 1.54) is 70.6 Å². The first-order valence-electron chi connectivity index (χ1n) is 9.37. The Morgan fingerprint density at radius 2 is 1.57 bits per heavy atom. The third-order valence-electron chi connectivity index (χ3n) is 5.03. The lowest BCUT2D eigenvalue weighted by Crippen LogP contribution is -2.43. The molecule has 3 heteroatoms. The van der Waals surface area contributed by atoms with E-state index in [2.05, 4.69) is 19.3 Å². The first-order chi connectivity index (χ1) is 10.3. The molecule has 1 heterocycles. The molecule has 0 spiro atoms. The quantitative estimate of drug-likeness (QED) is 0.298. The number of nitrogens with two attached hydrogens (primary N) is 1. The molecule has 0 radical (unpaired) electrons. The second kappa shape index (κ2) is 12.4. The smallest absolute Gasteiger partial charge is 0.0591 e. The third-order valence-corrected chi connectivity index (χ3v) is 5.03. The molecule has 3 unspecified atom stereocenters. The average Bonchev–Trinajstić information content (AvgIpc) is 2.91. The molecule has 0 aromatic rings. The summed E-state index contributed by atoms with van der Waals surface area (Å²) in [6.45, 7) is 5.37. The van der Waals surface area contributed by atoms with E-state index in [1.54, 1.807) is 0 Å². The topological polar surface area (TPSA) is 47.3 Å². The summed E-state index contributed by atoms with van der Waals surface area (Å²) in [4.78, 5) is 0. The van der Waals surface area contributed by atoms with E-state index in [9.17, 15) is 0 Å². The van der Waals surface area contributed by atoms with E-state index in [0.29, 0.717) is 18.1 Å². The molecule has 3 N–H and O–H groups in total. The molecular weight excluding hydrogens is 260 g/mol. The number of nitrogens with one attached hydrogen (secondary N) is 1. The zero-order valence-electron chi connectivity index (χ0n) is 14.4. The highest BCUT2D eigenvalue weighted by molar-refractivity contribution is 4.83. The zero-order chi connectivity index (χ0) is 15.3. The molecule has 0 bridgehead atoms. The van der Waals surface area contributed by atoms with Crippen LogP contribution in [-0.4, -0.2) is 18.8 Å². The van der Waals surface area contributed by atoms with Crippen LogP contribution in [-0.2, 0) is 4.74 Å². The summed E-state index contributed by atoms with van der Waals surface area (Å²) in [6.07, 6.45) is 16.7. The maximum absolute atomic E-state index is 5.73. The molecule has 3 atom stereocenters. The van der Waals surface area contributed by atoms with Crippen LogP contribution in [0.3, 0.4) is 0 Å². The van der Waals surface area contributed by atoms with Gasteiger partial charge in [0.15, 0.2) is 0 Å². The molecule has 0 aromatic carbocycles. The fraction of sp³-hybridized carbons (Fsp3) is 1.00. The fourth-order valence-corrected chi connectivity index (χ4v) is 3.55. The first-order valence-corrected chi connectivity index (χ1v) is 9.37. The minimum absolute atomic E-state index is 0.370. The Bertz CT molecular complexity index is 235. The van der Waals surface area contributed by atoms with Crippen LogP contribution < -0.4 is 11.3 Å². The van der Waals surface area contributed by atoms with Crippen molar-refractivity contribution in [3.8, 4) is 0 Å². The summed E-state index contributed by atoms with van der Waals surface area (Å²) < 4.78 is 5.65. The summed E-state index contributed by atoms with van der Waals surface area (Å²) >= 11 is 0. The molecule has 1 saturated heterocycles. The van der Waals surface area contributed by atoms with Gasteiger partial charge in [0.1, 0.15) is 0 Å². The fourth-order valence-electron chi connectivity index (χ4n) is 3.55. The molecule has 0 amide bonds. The van der Waals surface area contributed by atoms with E-state index >= 15 is 0 Å². The van der Waals surface area contributed by atoms with Crippen molar-refractivity contribution in [3.63, 3.8) is 0 Å². The molecule has 3 nitrogen and oxygen atoms in total. The predicted molar refractivity (Wildman–Crippen MR) is 91.1 cm³/mol. The molecule has 21 heavy (non-hydrogen) atoms. The maximum atomic E-state index is 5.73. The van der Waals surface area contributed by atoms with Gasteiger partial charge in [-0.3, -0.25) is 11.3 Å². The van der Waals surface area contributed by atoms with Crippen LogP contribution in [0.15, 0.2) is 0 Å². The van der Waals surface area contributed by atoms with Crippen molar-refractivity contribution in [1.29, 1.82) is 0 Å². The molecule has 1 aliphatic rings. The van der Waals surface area contributed by atoms with Gasteiger partial charge in [0.25, 0.3) is 0 Å². The second-order valence-electron chi connectivity index (χ2n) is 6.77. The van der Waals surface area contributed by atoms with Crippen LogP contribution >= 0.6 is 0 Å². The average molecular weight is 299 g/mol. The predicted octanol–water partition coefficient (Wildman–Crippen LogP) is 4.55. The lowest BCUT2D eigenvalue weighted by atomic mass is 9.90. The van der Waals surface area contributed by atoms with Crippen LogP contribution in [0.4, 0.5) is 0 Å². The largest absolute Gasteiger partial charge is 0.378 e. The van der Waals surface area contributed by atoms with Gasteiger partial charge in [0.05, 0.1) is 6.10 Å². The summed E-state index contributed by atoms with van der Waals surface area (Å²) in [5, 5.41) is 0. The summed E-state index contributed by atoms with van der Waals surface area (Å²) in [6, 6.07) is 0.441. The highest BCUT2D eigenvalue weighted by atomic mass is 16.5. The number of hydrogen-bond donors (Lipinski definition) is 2. The van der Waals surface area contributed by atoms with Crippen LogP contribution in [0.5, 0.6) is 0 Å². The van der Waals surface area contributed by atoms with Crippen LogP contribution in [0.2, 0.25) is 0 Å². The van der Waals surface area contributed by atoms with Gasteiger partial charge in [0.2, 0.25) is 0 Å². The molecule has 126 valence electrons. The monoisotopic (exact) mass is 298 g/mol. The second-order valence-corrected chi connectivity index (χ2v) is 6.77. The molecule has 0 aromatic heterocycles. The van der Waals surface area contributed by atoms with Crippen molar-refractivity contribution in [3.05, 3.63) is 0 Å². The van der Waals surface area contributed by atoms with Crippen LogP contribution in [0.1, 0.15) is 90.9 Å². The van der Waals surface area contributed by atoms with Crippen molar-refractivity contribution in [2.45, 2.75) is 103 Å². The molecule has 1 rings (SSSR count). The molecule has 0 saturated carbocycles. The van der Waals surface area contributed by atoms with Gasteiger partial charge < -0.3 is 4.74 Å². The van der Waals surface area contributed by atoms with Gasteiger partial charge in [-0.05, 0) is 19.8 Å². The van der Waals surface area contributed by atoms with Crippen molar-refractivity contribution in [1.82, 2.24) is 5.43 Å². The summed E-state index contributed by atoms with van der Waals surface area (Å²) in [5.41, 5.74) is 3.03. The third kappa shape index (κ3) is 8.18. The van der Waals surface area contributed by atoms with Gasteiger partial charge in [-0.2, -0.15) is 0 Å². The maximum Gasteiger partial charge on any atom is 0.0591 e.